The number of benzene rings is 1. The average Bonchev–Trinajstić information content (AvgIpc) is 2.43. The van der Waals surface area contributed by atoms with E-state index in [1.807, 2.05) is 0 Å². The van der Waals surface area contributed by atoms with Gasteiger partial charge < -0.3 is 0 Å². The van der Waals surface area contributed by atoms with Crippen LogP contribution in [0.4, 0.5) is 4.39 Å². The third-order valence-electron chi connectivity index (χ3n) is 4.73. The van der Waals surface area contributed by atoms with Gasteiger partial charge in [-0.15, -0.1) is 0 Å². The van der Waals surface area contributed by atoms with Crippen LogP contribution in [0.2, 0.25) is 0 Å². The Balaban J connectivity index is 2.01. The van der Waals surface area contributed by atoms with Crippen LogP contribution in [0.5, 0.6) is 0 Å². The third-order valence-corrected chi connectivity index (χ3v) is 4.73. The fraction of sp³-hybridized carbons (Fsp3) is 0.533. The second kappa shape index (κ2) is 4.82. The first-order chi connectivity index (χ1) is 9.53. The van der Waals surface area contributed by atoms with Gasteiger partial charge in [0.25, 0.3) is 5.91 Å². The molecule has 2 N–H and O–H groups in total. The number of nitrogens with one attached hydrogen (secondary N) is 1. The lowest BCUT2D eigenvalue weighted by molar-refractivity contribution is 0.0414. The highest BCUT2D eigenvalue weighted by Crippen LogP contribution is 2.38. The minimum absolute atomic E-state index is 0.0615. The van der Waals surface area contributed by atoms with E-state index in [1.54, 1.807) is 11.5 Å². The SMILES string of the molecule is C[C@@]12CCCCN1Cc1c(F)cc(C(=O)NO)cc1C2. The van der Waals surface area contributed by atoms with Crippen LogP contribution in [0.25, 0.3) is 0 Å². The number of hydroxylamine groups is 1. The number of piperidine rings is 1. The van der Waals surface area contributed by atoms with Crippen molar-refractivity contribution in [2.75, 3.05) is 6.54 Å². The van der Waals surface area contributed by atoms with Crippen LogP contribution < -0.4 is 5.48 Å². The number of rotatable bonds is 1. The van der Waals surface area contributed by atoms with Crippen LogP contribution in [-0.4, -0.2) is 28.1 Å². The summed E-state index contributed by atoms with van der Waals surface area (Å²) in [7, 11) is 0. The van der Waals surface area contributed by atoms with E-state index in [9.17, 15) is 9.18 Å². The van der Waals surface area contributed by atoms with Crippen molar-refractivity contribution >= 4 is 5.91 Å². The lowest BCUT2D eigenvalue weighted by Crippen LogP contribution is -2.53. The van der Waals surface area contributed by atoms with Crippen molar-refractivity contribution in [2.45, 2.75) is 44.7 Å². The number of nitrogens with zero attached hydrogens (tertiary/aromatic N) is 1. The normalized spacial score (nSPS) is 25.8. The molecule has 1 atom stereocenters. The Morgan fingerprint density at radius 3 is 3.00 bits per heavy atom. The summed E-state index contributed by atoms with van der Waals surface area (Å²) in [6.45, 7) is 3.83. The van der Waals surface area contributed by atoms with Crippen LogP contribution >= 0.6 is 0 Å². The van der Waals surface area contributed by atoms with E-state index >= 15 is 0 Å². The molecular weight excluding hydrogens is 259 g/mol. The monoisotopic (exact) mass is 278 g/mol. The van der Waals surface area contributed by atoms with Crippen molar-refractivity contribution in [3.63, 3.8) is 0 Å². The summed E-state index contributed by atoms with van der Waals surface area (Å²) in [4.78, 5) is 13.8. The first kappa shape index (κ1) is 13.5. The van der Waals surface area contributed by atoms with Crippen LogP contribution in [0.15, 0.2) is 12.1 Å². The summed E-state index contributed by atoms with van der Waals surface area (Å²) >= 11 is 0. The molecule has 0 spiro atoms. The van der Waals surface area contributed by atoms with Crippen molar-refractivity contribution in [1.82, 2.24) is 10.4 Å². The lowest BCUT2D eigenvalue weighted by Gasteiger charge is -2.49. The second-order valence-electron chi connectivity index (χ2n) is 6.09. The summed E-state index contributed by atoms with van der Waals surface area (Å²) in [5.41, 5.74) is 3.39. The number of hydrogen-bond acceptors (Lipinski definition) is 3. The molecule has 1 aromatic rings. The average molecular weight is 278 g/mol. The zero-order valence-corrected chi connectivity index (χ0v) is 11.6. The van der Waals surface area contributed by atoms with Gasteiger partial charge in [0.1, 0.15) is 5.82 Å². The molecule has 20 heavy (non-hydrogen) atoms. The summed E-state index contributed by atoms with van der Waals surface area (Å²) in [6, 6.07) is 2.91. The molecule has 1 amide bonds. The van der Waals surface area contributed by atoms with Gasteiger partial charge in [0, 0.05) is 23.2 Å². The fourth-order valence-corrected chi connectivity index (χ4v) is 3.53. The van der Waals surface area contributed by atoms with Gasteiger partial charge in [0.15, 0.2) is 0 Å². The molecule has 5 heteroatoms. The zero-order valence-electron chi connectivity index (χ0n) is 11.6. The van der Waals surface area contributed by atoms with Crippen LogP contribution in [0, 0.1) is 5.82 Å². The highest BCUT2D eigenvalue weighted by Gasteiger charge is 2.39. The molecule has 0 bridgehead atoms. The quantitative estimate of drug-likeness (QED) is 0.612. The fourth-order valence-electron chi connectivity index (χ4n) is 3.53. The molecule has 1 saturated heterocycles. The predicted molar refractivity (Wildman–Crippen MR) is 72.0 cm³/mol. The number of carbonyl (C=O) groups excluding carboxylic acids is 1. The van der Waals surface area contributed by atoms with Crippen molar-refractivity contribution in [1.29, 1.82) is 0 Å². The minimum Gasteiger partial charge on any atom is -0.293 e. The molecule has 0 unspecified atom stereocenters. The molecule has 2 aliphatic rings. The van der Waals surface area contributed by atoms with Gasteiger partial charge in [0.2, 0.25) is 0 Å². The smallest absolute Gasteiger partial charge is 0.274 e. The number of amides is 1. The van der Waals surface area contributed by atoms with Crippen molar-refractivity contribution in [2.24, 2.45) is 0 Å². The maximum absolute atomic E-state index is 14.2. The molecule has 1 aromatic carbocycles. The van der Waals surface area contributed by atoms with Gasteiger partial charge >= 0.3 is 0 Å². The maximum atomic E-state index is 14.2. The van der Waals surface area contributed by atoms with Gasteiger partial charge in [-0.05, 0) is 50.4 Å². The standard InChI is InChI=1S/C15H19FN2O2/c1-15-4-2-3-5-18(15)9-12-11(8-15)6-10(7-13(12)16)14(19)17-20/h6-7,20H,2-5,8-9H2,1H3,(H,17,19)/t15-/m0/s1. The molecule has 3 rings (SSSR count). The number of hydrogen-bond donors (Lipinski definition) is 2. The maximum Gasteiger partial charge on any atom is 0.274 e. The molecular formula is C15H19FN2O2. The summed E-state index contributed by atoms with van der Waals surface area (Å²) < 4.78 is 14.2. The van der Waals surface area contributed by atoms with Crippen molar-refractivity contribution in [3.05, 3.63) is 34.6 Å². The summed E-state index contributed by atoms with van der Waals surface area (Å²) in [6.07, 6.45) is 4.22. The Kier molecular flexibility index (Phi) is 3.26. The van der Waals surface area contributed by atoms with Gasteiger partial charge in [-0.3, -0.25) is 14.9 Å². The highest BCUT2D eigenvalue weighted by atomic mass is 19.1. The number of carbonyl (C=O) groups is 1. The molecule has 2 heterocycles. The molecule has 0 aliphatic carbocycles. The molecule has 4 nitrogen and oxygen atoms in total. The third kappa shape index (κ3) is 2.11. The van der Waals surface area contributed by atoms with Crippen LogP contribution in [0.3, 0.4) is 0 Å². The highest BCUT2D eigenvalue weighted by molar-refractivity contribution is 5.93. The minimum atomic E-state index is -0.664. The molecule has 0 saturated carbocycles. The van der Waals surface area contributed by atoms with E-state index in [0.29, 0.717) is 12.1 Å². The Labute approximate surface area is 117 Å². The first-order valence-electron chi connectivity index (χ1n) is 7.04. The Morgan fingerprint density at radius 2 is 2.25 bits per heavy atom. The van der Waals surface area contributed by atoms with Gasteiger partial charge in [-0.25, -0.2) is 9.87 Å². The summed E-state index contributed by atoms with van der Waals surface area (Å²) in [5.74, 6) is -1.02. The Hall–Kier alpha value is -1.46. The number of fused-ring (bicyclic) bond motifs is 2. The van der Waals surface area contributed by atoms with E-state index in [4.69, 9.17) is 5.21 Å². The topological polar surface area (TPSA) is 52.6 Å². The number of halogens is 1. The van der Waals surface area contributed by atoms with E-state index in [-0.39, 0.29) is 16.9 Å². The van der Waals surface area contributed by atoms with Crippen LogP contribution in [0.1, 0.15) is 47.7 Å². The molecule has 1 fully saturated rings. The van der Waals surface area contributed by atoms with Crippen molar-refractivity contribution < 1.29 is 14.4 Å². The first-order valence-corrected chi connectivity index (χ1v) is 7.04. The van der Waals surface area contributed by atoms with Crippen LogP contribution in [-0.2, 0) is 13.0 Å². The van der Waals surface area contributed by atoms with Crippen molar-refractivity contribution in [3.8, 4) is 0 Å². The van der Waals surface area contributed by atoms with E-state index in [1.165, 1.54) is 12.5 Å². The molecule has 2 aliphatic heterocycles. The van der Waals surface area contributed by atoms with Gasteiger partial charge in [-0.2, -0.15) is 0 Å². The zero-order chi connectivity index (χ0) is 14.3. The largest absolute Gasteiger partial charge is 0.293 e. The molecule has 108 valence electrons. The Bertz CT molecular complexity index is 561. The summed E-state index contributed by atoms with van der Waals surface area (Å²) in [5, 5.41) is 8.69. The second-order valence-corrected chi connectivity index (χ2v) is 6.09. The lowest BCUT2D eigenvalue weighted by atomic mass is 9.78. The van der Waals surface area contributed by atoms with E-state index in [0.717, 1.165) is 31.4 Å². The molecule has 0 aromatic heterocycles. The predicted octanol–water partition coefficient (Wildman–Crippen LogP) is 2.25. The van der Waals surface area contributed by atoms with E-state index in [2.05, 4.69) is 11.8 Å². The van der Waals surface area contributed by atoms with Gasteiger partial charge in [-0.1, -0.05) is 6.42 Å². The van der Waals surface area contributed by atoms with E-state index < -0.39 is 5.91 Å². The van der Waals surface area contributed by atoms with Gasteiger partial charge in [0.05, 0.1) is 0 Å². The molecule has 0 radical (unpaired) electrons. The Morgan fingerprint density at radius 1 is 1.45 bits per heavy atom.